The van der Waals surface area contributed by atoms with E-state index in [0.29, 0.717) is 5.25 Å². The topological polar surface area (TPSA) is 37.3 Å². The molecular formula is C11H11FO2S. The number of rotatable bonds is 3. The Balaban J connectivity index is 2.17. The lowest BCUT2D eigenvalue weighted by atomic mass is 10.00. The van der Waals surface area contributed by atoms with E-state index < -0.39 is 11.8 Å². The molecule has 1 aliphatic rings. The third kappa shape index (κ3) is 2.31. The second kappa shape index (κ2) is 4.23. The minimum atomic E-state index is -1.21. The van der Waals surface area contributed by atoms with E-state index in [-0.39, 0.29) is 5.56 Å². The summed E-state index contributed by atoms with van der Waals surface area (Å²) in [5.74, 6) is -1.87. The van der Waals surface area contributed by atoms with Crippen LogP contribution in [0.4, 0.5) is 4.39 Å². The Morgan fingerprint density at radius 1 is 1.47 bits per heavy atom. The number of aromatic carboxylic acids is 1. The van der Waals surface area contributed by atoms with Gasteiger partial charge in [0.1, 0.15) is 5.82 Å². The van der Waals surface area contributed by atoms with Gasteiger partial charge in [0.25, 0.3) is 0 Å². The summed E-state index contributed by atoms with van der Waals surface area (Å²) in [6.07, 6.45) is 3.58. The molecule has 0 amide bonds. The van der Waals surface area contributed by atoms with Crippen LogP contribution in [0.2, 0.25) is 0 Å². The molecule has 0 spiro atoms. The molecule has 4 heteroatoms. The van der Waals surface area contributed by atoms with Crippen molar-refractivity contribution in [3.05, 3.63) is 29.6 Å². The van der Waals surface area contributed by atoms with Gasteiger partial charge in [-0.05, 0) is 31.0 Å². The maximum absolute atomic E-state index is 13.1. The molecule has 0 aliphatic heterocycles. The van der Waals surface area contributed by atoms with E-state index in [1.165, 1.54) is 31.4 Å². The number of carbonyl (C=O) groups is 1. The Morgan fingerprint density at radius 3 is 2.73 bits per heavy atom. The molecule has 1 saturated carbocycles. The van der Waals surface area contributed by atoms with Gasteiger partial charge in [0.2, 0.25) is 0 Å². The second-order valence-corrected chi connectivity index (χ2v) is 4.99. The van der Waals surface area contributed by atoms with E-state index in [4.69, 9.17) is 5.11 Å². The van der Waals surface area contributed by atoms with Gasteiger partial charge in [-0.3, -0.25) is 0 Å². The summed E-state index contributed by atoms with van der Waals surface area (Å²) >= 11 is 1.64. The summed E-state index contributed by atoms with van der Waals surface area (Å²) in [5, 5.41) is 9.33. The molecule has 0 bridgehead atoms. The van der Waals surface area contributed by atoms with Crippen molar-refractivity contribution in [2.45, 2.75) is 29.4 Å². The molecule has 2 rings (SSSR count). The lowest BCUT2D eigenvalue weighted by Crippen LogP contribution is -2.12. The molecule has 0 atom stereocenters. The van der Waals surface area contributed by atoms with Crippen molar-refractivity contribution in [1.29, 1.82) is 0 Å². The molecule has 0 saturated heterocycles. The Morgan fingerprint density at radius 2 is 2.20 bits per heavy atom. The van der Waals surface area contributed by atoms with Crippen LogP contribution >= 0.6 is 11.8 Å². The molecular weight excluding hydrogens is 215 g/mol. The number of halogens is 1. The normalized spacial score (nSPS) is 16.1. The molecule has 0 heterocycles. The van der Waals surface area contributed by atoms with Crippen LogP contribution in [0, 0.1) is 5.82 Å². The smallest absolute Gasteiger partial charge is 0.338 e. The van der Waals surface area contributed by atoms with Gasteiger partial charge in [-0.1, -0.05) is 6.42 Å². The van der Waals surface area contributed by atoms with Crippen LogP contribution in [-0.4, -0.2) is 16.3 Å². The van der Waals surface area contributed by atoms with E-state index in [0.717, 1.165) is 4.90 Å². The SMILES string of the molecule is O=C(O)c1cc(SC2CCC2)ccc1F. The van der Waals surface area contributed by atoms with E-state index >= 15 is 0 Å². The number of hydrogen-bond acceptors (Lipinski definition) is 2. The Labute approximate surface area is 91.5 Å². The Kier molecular flexibility index (Phi) is 2.95. The third-order valence-electron chi connectivity index (χ3n) is 2.52. The Hall–Kier alpha value is -1.03. The number of carboxylic acid groups (broad SMARTS) is 1. The standard InChI is InChI=1S/C11H11FO2S/c12-10-5-4-8(6-9(10)11(13)14)15-7-2-1-3-7/h4-7H,1-3H2,(H,13,14). The summed E-state index contributed by atoms with van der Waals surface area (Å²) in [6, 6.07) is 4.29. The summed E-state index contributed by atoms with van der Waals surface area (Å²) in [6.45, 7) is 0. The fourth-order valence-corrected chi connectivity index (χ4v) is 2.71. The van der Waals surface area contributed by atoms with Crippen LogP contribution in [0.1, 0.15) is 29.6 Å². The van der Waals surface area contributed by atoms with E-state index in [2.05, 4.69) is 0 Å². The first-order valence-corrected chi connectivity index (χ1v) is 5.74. The third-order valence-corrected chi connectivity index (χ3v) is 3.85. The first-order chi connectivity index (χ1) is 7.16. The fraction of sp³-hybridized carbons (Fsp3) is 0.364. The van der Waals surface area contributed by atoms with Gasteiger partial charge in [0.15, 0.2) is 0 Å². The number of thioether (sulfide) groups is 1. The molecule has 1 fully saturated rings. The number of benzene rings is 1. The number of carboxylic acids is 1. The lowest BCUT2D eigenvalue weighted by molar-refractivity contribution is 0.0691. The molecule has 1 N–H and O–H groups in total. The highest BCUT2D eigenvalue weighted by Gasteiger charge is 2.19. The van der Waals surface area contributed by atoms with Gasteiger partial charge >= 0.3 is 5.97 Å². The predicted octanol–water partition coefficient (Wildman–Crippen LogP) is 3.17. The van der Waals surface area contributed by atoms with Crippen molar-refractivity contribution in [2.24, 2.45) is 0 Å². The second-order valence-electron chi connectivity index (χ2n) is 3.62. The van der Waals surface area contributed by atoms with Crippen LogP contribution in [0.5, 0.6) is 0 Å². The minimum absolute atomic E-state index is 0.237. The summed E-state index contributed by atoms with van der Waals surface area (Å²) < 4.78 is 13.1. The Bertz CT molecular complexity index is 388. The summed E-state index contributed by atoms with van der Waals surface area (Å²) in [4.78, 5) is 11.5. The molecule has 15 heavy (non-hydrogen) atoms. The quantitative estimate of drug-likeness (QED) is 0.860. The zero-order chi connectivity index (χ0) is 10.8. The van der Waals surface area contributed by atoms with Gasteiger partial charge in [-0.25, -0.2) is 9.18 Å². The van der Waals surface area contributed by atoms with Crippen LogP contribution in [0.15, 0.2) is 23.1 Å². The maximum atomic E-state index is 13.1. The van der Waals surface area contributed by atoms with Gasteiger partial charge in [-0.15, -0.1) is 11.8 Å². The van der Waals surface area contributed by atoms with Gasteiger partial charge in [0, 0.05) is 10.1 Å². The maximum Gasteiger partial charge on any atom is 0.338 e. The van der Waals surface area contributed by atoms with E-state index in [1.54, 1.807) is 17.8 Å². The van der Waals surface area contributed by atoms with Gasteiger partial charge in [-0.2, -0.15) is 0 Å². The van der Waals surface area contributed by atoms with Crippen LogP contribution in [-0.2, 0) is 0 Å². The van der Waals surface area contributed by atoms with Crippen LogP contribution < -0.4 is 0 Å². The molecule has 2 nitrogen and oxygen atoms in total. The van der Waals surface area contributed by atoms with Crippen molar-refractivity contribution in [3.63, 3.8) is 0 Å². The summed E-state index contributed by atoms with van der Waals surface area (Å²) in [5.41, 5.74) is -0.237. The molecule has 0 aromatic heterocycles. The zero-order valence-electron chi connectivity index (χ0n) is 8.07. The highest BCUT2D eigenvalue weighted by atomic mass is 32.2. The highest BCUT2D eigenvalue weighted by molar-refractivity contribution is 8.00. The monoisotopic (exact) mass is 226 g/mol. The molecule has 80 valence electrons. The van der Waals surface area contributed by atoms with Crippen molar-refractivity contribution >= 4 is 17.7 Å². The fourth-order valence-electron chi connectivity index (χ4n) is 1.42. The van der Waals surface area contributed by atoms with Crippen molar-refractivity contribution in [2.75, 3.05) is 0 Å². The van der Waals surface area contributed by atoms with Gasteiger partial charge < -0.3 is 5.11 Å². The number of hydrogen-bond donors (Lipinski definition) is 1. The highest BCUT2D eigenvalue weighted by Crippen LogP contribution is 2.36. The average molecular weight is 226 g/mol. The van der Waals surface area contributed by atoms with Gasteiger partial charge in [0.05, 0.1) is 5.56 Å². The van der Waals surface area contributed by atoms with Crippen LogP contribution in [0.25, 0.3) is 0 Å². The largest absolute Gasteiger partial charge is 0.478 e. The predicted molar refractivity (Wildman–Crippen MR) is 56.9 cm³/mol. The summed E-state index contributed by atoms with van der Waals surface area (Å²) in [7, 11) is 0. The first kappa shape index (κ1) is 10.5. The zero-order valence-corrected chi connectivity index (χ0v) is 8.89. The molecule has 1 aromatic rings. The van der Waals surface area contributed by atoms with Crippen molar-refractivity contribution < 1.29 is 14.3 Å². The molecule has 0 radical (unpaired) electrons. The van der Waals surface area contributed by atoms with E-state index in [1.807, 2.05) is 0 Å². The molecule has 0 unspecified atom stereocenters. The lowest BCUT2D eigenvalue weighted by Gasteiger charge is -2.24. The minimum Gasteiger partial charge on any atom is -0.478 e. The van der Waals surface area contributed by atoms with Crippen molar-refractivity contribution in [1.82, 2.24) is 0 Å². The van der Waals surface area contributed by atoms with Crippen molar-refractivity contribution in [3.8, 4) is 0 Å². The van der Waals surface area contributed by atoms with E-state index in [9.17, 15) is 9.18 Å². The van der Waals surface area contributed by atoms with Crippen LogP contribution in [0.3, 0.4) is 0 Å². The molecule has 1 aromatic carbocycles. The first-order valence-electron chi connectivity index (χ1n) is 4.86. The average Bonchev–Trinajstić information content (AvgIpc) is 2.13. The molecule has 1 aliphatic carbocycles.